The van der Waals surface area contributed by atoms with Gasteiger partial charge in [-0.15, -0.1) is 0 Å². The first-order valence-corrected chi connectivity index (χ1v) is 8.47. The fourth-order valence-corrected chi connectivity index (χ4v) is 2.56. The van der Waals surface area contributed by atoms with Gasteiger partial charge in [-0.1, -0.05) is 32.0 Å². The van der Waals surface area contributed by atoms with E-state index in [9.17, 15) is 9.59 Å². The lowest BCUT2D eigenvalue weighted by molar-refractivity contribution is 0.0943. The number of carbonyl (C=O) groups excluding carboxylic acids is 2. The van der Waals surface area contributed by atoms with Crippen molar-refractivity contribution in [1.82, 2.24) is 10.3 Å². The normalized spacial score (nSPS) is 10.8. The van der Waals surface area contributed by atoms with Crippen LogP contribution in [0.5, 0.6) is 0 Å². The molecule has 5 nitrogen and oxygen atoms in total. The molecule has 1 aromatic carbocycles. The first-order chi connectivity index (χ1) is 11.8. The number of aromatic nitrogens is 1. The van der Waals surface area contributed by atoms with E-state index in [1.54, 1.807) is 6.07 Å². The van der Waals surface area contributed by atoms with Crippen LogP contribution in [-0.4, -0.2) is 22.8 Å². The quantitative estimate of drug-likeness (QED) is 0.868. The monoisotopic (exact) mass is 339 g/mol. The van der Waals surface area contributed by atoms with E-state index in [0.29, 0.717) is 5.56 Å². The molecule has 2 rings (SSSR count). The number of nitrogens with zero attached hydrogens (tertiary/aromatic N) is 1. The van der Waals surface area contributed by atoms with E-state index in [4.69, 9.17) is 0 Å². The van der Waals surface area contributed by atoms with E-state index in [1.807, 2.05) is 39.0 Å². The Kier molecular flexibility index (Phi) is 5.91. The lowest BCUT2D eigenvalue weighted by Gasteiger charge is -2.16. The highest BCUT2D eigenvalue weighted by molar-refractivity contribution is 6.05. The third kappa shape index (κ3) is 4.66. The van der Waals surface area contributed by atoms with E-state index in [2.05, 4.69) is 29.5 Å². The van der Waals surface area contributed by atoms with Crippen LogP contribution in [0.25, 0.3) is 0 Å². The van der Waals surface area contributed by atoms with Crippen LogP contribution in [0.2, 0.25) is 0 Å². The molecule has 0 aliphatic rings. The second-order valence-corrected chi connectivity index (χ2v) is 6.71. The molecular weight excluding hydrogens is 314 g/mol. The third-order valence-corrected chi connectivity index (χ3v) is 3.84. The SMILES string of the molecule is Cc1cccc(C(C)C)c1NC(=O)c1cc(C(=O)NC(C)C)ccn1. The molecule has 2 amide bonds. The molecule has 0 saturated carbocycles. The van der Waals surface area contributed by atoms with Crippen LogP contribution in [0.3, 0.4) is 0 Å². The van der Waals surface area contributed by atoms with Crippen molar-refractivity contribution in [1.29, 1.82) is 0 Å². The molecule has 0 saturated heterocycles. The number of benzene rings is 1. The Morgan fingerprint density at radius 3 is 2.40 bits per heavy atom. The highest BCUT2D eigenvalue weighted by Crippen LogP contribution is 2.27. The summed E-state index contributed by atoms with van der Waals surface area (Å²) in [5.41, 5.74) is 3.51. The molecule has 2 N–H and O–H groups in total. The maximum Gasteiger partial charge on any atom is 0.274 e. The molecule has 0 aliphatic carbocycles. The average molecular weight is 339 g/mol. The van der Waals surface area contributed by atoms with Gasteiger partial charge in [0.1, 0.15) is 5.69 Å². The lowest BCUT2D eigenvalue weighted by Crippen LogP contribution is -2.30. The molecule has 25 heavy (non-hydrogen) atoms. The van der Waals surface area contributed by atoms with Gasteiger partial charge in [-0.2, -0.15) is 0 Å². The summed E-state index contributed by atoms with van der Waals surface area (Å²) in [5.74, 6) is -0.257. The highest BCUT2D eigenvalue weighted by Gasteiger charge is 2.16. The minimum Gasteiger partial charge on any atom is -0.350 e. The highest BCUT2D eigenvalue weighted by atomic mass is 16.2. The Morgan fingerprint density at radius 1 is 1.04 bits per heavy atom. The molecule has 132 valence electrons. The third-order valence-electron chi connectivity index (χ3n) is 3.84. The van der Waals surface area contributed by atoms with Crippen molar-refractivity contribution in [3.8, 4) is 0 Å². The first-order valence-electron chi connectivity index (χ1n) is 8.47. The zero-order valence-electron chi connectivity index (χ0n) is 15.4. The summed E-state index contributed by atoms with van der Waals surface area (Å²) in [6, 6.07) is 9.09. The number of carbonyl (C=O) groups is 2. The van der Waals surface area contributed by atoms with Crippen LogP contribution in [0.15, 0.2) is 36.5 Å². The minimum atomic E-state index is -0.324. The van der Waals surface area contributed by atoms with Crippen molar-refractivity contribution in [3.05, 3.63) is 58.9 Å². The van der Waals surface area contributed by atoms with Crippen molar-refractivity contribution in [2.24, 2.45) is 0 Å². The number of para-hydroxylation sites is 1. The largest absolute Gasteiger partial charge is 0.350 e. The molecule has 5 heteroatoms. The van der Waals surface area contributed by atoms with Crippen molar-refractivity contribution >= 4 is 17.5 Å². The Morgan fingerprint density at radius 2 is 1.76 bits per heavy atom. The van der Waals surface area contributed by atoms with Gasteiger partial charge in [0.05, 0.1) is 0 Å². The summed E-state index contributed by atoms with van der Waals surface area (Å²) in [5, 5.41) is 5.76. The molecule has 0 unspecified atom stereocenters. The predicted molar refractivity (Wildman–Crippen MR) is 100 cm³/mol. The Bertz CT molecular complexity index is 782. The van der Waals surface area contributed by atoms with Gasteiger partial charge in [0.2, 0.25) is 0 Å². The summed E-state index contributed by atoms with van der Waals surface area (Å²) < 4.78 is 0. The van der Waals surface area contributed by atoms with Crippen LogP contribution in [0, 0.1) is 6.92 Å². The molecule has 0 spiro atoms. The number of rotatable bonds is 5. The lowest BCUT2D eigenvalue weighted by atomic mass is 9.98. The van der Waals surface area contributed by atoms with E-state index in [-0.39, 0.29) is 29.5 Å². The number of amides is 2. The number of hydrogen-bond donors (Lipinski definition) is 2. The van der Waals surface area contributed by atoms with Gasteiger partial charge in [0, 0.05) is 23.5 Å². The maximum atomic E-state index is 12.6. The fraction of sp³-hybridized carbons (Fsp3) is 0.350. The molecular formula is C20H25N3O2. The van der Waals surface area contributed by atoms with Gasteiger partial charge in [0.25, 0.3) is 11.8 Å². The number of pyridine rings is 1. The fourth-order valence-electron chi connectivity index (χ4n) is 2.56. The van der Waals surface area contributed by atoms with Gasteiger partial charge in [-0.25, -0.2) is 0 Å². The Balaban J connectivity index is 2.27. The second kappa shape index (κ2) is 7.92. The van der Waals surface area contributed by atoms with E-state index < -0.39 is 0 Å². The van der Waals surface area contributed by atoms with Crippen LogP contribution in [0.1, 0.15) is 65.6 Å². The van der Waals surface area contributed by atoms with Crippen LogP contribution in [0.4, 0.5) is 5.69 Å². The van der Waals surface area contributed by atoms with Crippen LogP contribution in [-0.2, 0) is 0 Å². The van der Waals surface area contributed by atoms with Crippen molar-refractivity contribution < 1.29 is 9.59 Å². The summed E-state index contributed by atoms with van der Waals surface area (Å²) in [6.45, 7) is 9.90. The van der Waals surface area contributed by atoms with Crippen LogP contribution < -0.4 is 10.6 Å². The molecule has 1 heterocycles. The second-order valence-electron chi connectivity index (χ2n) is 6.71. The molecule has 2 aromatic rings. The van der Waals surface area contributed by atoms with Crippen molar-refractivity contribution in [3.63, 3.8) is 0 Å². The van der Waals surface area contributed by atoms with Crippen LogP contribution >= 0.6 is 0 Å². The standard InChI is InChI=1S/C20H25N3O2/c1-12(2)16-8-6-7-14(5)18(16)23-20(25)17-11-15(9-10-21-17)19(24)22-13(3)4/h6-13H,1-5H3,(H,22,24)(H,23,25). The van der Waals surface area contributed by atoms with E-state index in [0.717, 1.165) is 16.8 Å². The predicted octanol–water partition coefficient (Wildman–Crippen LogP) is 3.90. The molecule has 0 atom stereocenters. The van der Waals surface area contributed by atoms with Crippen molar-refractivity contribution in [2.45, 2.75) is 46.6 Å². The number of aryl methyl sites for hydroxylation is 1. The molecule has 0 bridgehead atoms. The topological polar surface area (TPSA) is 71.1 Å². The summed E-state index contributed by atoms with van der Waals surface area (Å²) >= 11 is 0. The number of hydrogen-bond acceptors (Lipinski definition) is 3. The minimum absolute atomic E-state index is 0.0264. The number of nitrogens with one attached hydrogen (secondary N) is 2. The van der Waals surface area contributed by atoms with Gasteiger partial charge in [-0.3, -0.25) is 14.6 Å². The van der Waals surface area contributed by atoms with E-state index in [1.165, 1.54) is 12.3 Å². The molecule has 0 fully saturated rings. The van der Waals surface area contributed by atoms with Gasteiger partial charge >= 0.3 is 0 Å². The first kappa shape index (κ1) is 18.6. The summed E-state index contributed by atoms with van der Waals surface area (Å²) in [6.07, 6.45) is 1.48. The summed E-state index contributed by atoms with van der Waals surface area (Å²) in [4.78, 5) is 28.9. The maximum absolute atomic E-state index is 12.6. The zero-order chi connectivity index (χ0) is 18.6. The Labute approximate surface area is 148 Å². The van der Waals surface area contributed by atoms with Gasteiger partial charge < -0.3 is 10.6 Å². The van der Waals surface area contributed by atoms with Crippen molar-refractivity contribution in [2.75, 3.05) is 5.32 Å². The van der Waals surface area contributed by atoms with Gasteiger partial charge in [-0.05, 0) is 49.9 Å². The van der Waals surface area contributed by atoms with E-state index >= 15 is 0 Å². The molecule has 0 radical (unpaired) electrons. The van der Waals surface area contributed by atoms with Gasteiger partial charge in [0.15, 0.2) is 0 Å². The zero-order valence-corrected chi connectivity index (χ0v) is 15.4. The number of anilines is 1. The smallest absolute Gasteiger partial charge is 0.274 e. The summed E-state index contributed by atoms with van der Waals surface area (Å²) in [7, 11) is 0. The Hall–Kier alpha value is -2.69. The average Bonchev–Trinajstić information content (AvgIpc) is 2.55. The molecule has 0 aliphatic heterocycles. The molecule has 1 aromatic heterocycles.